The van der Waals surface area contributed by atoms with E-state index in [9.17, 15) is 5.11 Å². The van der Waals surface area contributed by atoms with E-state index in [4.69, 9.17) is 5.26 Å². The zero-order chi connectivity index (χ0) is 8.48. The van der Waals surface area contributed by atoms with Gasteiger partial charge in [0.05, 0.1) is 17.6 Å². The first-order valence-electron chi connectivity index (χ1n) is 4.20. The third-order valence-electron chi connectivity index (χ3n) is 2.95. The molecule has 0 radical (unpaired) electrons. The topological polar surface area (TPSA) is 44.0 Å². The molecule has 3 atom stereocenters. The van der Waals surface area contributed by atoms with E-state index >= 15 is 0 Å². The lowest BCUT2D eigenvalue weighted by atomic mass is 9.71. The summed E-state index contributed by atoms with van der Waals surface area (Å²) in [6.45, 7) is 3.80. The predicted molar refractivity (Wildman–Crippen MR) is 42.7 cm³/mol. The molecule has 1 fully saturated rings. The highest BCUT2D eigenvalue weighted by molar-refractivity contribution is 4.97. The Hall–Kier alpha value is -0.550. The van der Waals surface area contributed by atoms with Crippen molar-refractivity contribution in [3.63, 3.8) is 0 Å². The molecule has 2 nitrogen and oxygen atoms in total. The zero-order valence-electron chi connectivity index (χ0n) is 7.17. The summed E-state index contributed by atoms with van der Waals surface area (Å²) in [5, 5.41) is 18.5. The molecular formula is C9H15NO. The van der Waals surface area contributed by atoms with E-state index in [-0.39, 0.29) is 11.8 Å². The van der Waals surface area contributed by atoms with E-state index in [1.54, 1.807) is 0 Å². The smallest absolute Gasteiger partial charge is 0.0659 e. The van der Waals surface area contributed by atoms with Crippen LogP contribution in [0.4, 0.5) is 0 Å². The molecule has 1 saturated carbocycles. The minimum atomic E-state index is -0.612. The van der Waals surface area contributed by atoms with Gasteiger partial charge in [0.25, 0.3) is 0 Å². The number of rotatable bonds is 0. The van der Waals surface area contributed by atoms with Crippen LogP contribution in [0, 0.1) is 23.2 Å². The molecule has 1 N–H and O–H groups in total. The van der Waals surface area contributed by atoms with Crippen LogP contribution in [0.1, 0.15) is 33.1 Å². The summed E-state index contributed by atoms with van der Waals surface area (Å²) >= 11 is 0. The summed E-state index contributed by atoms with van der Waals surface area (Å²) in [5.74, 6) is 0.181. The highest BCUT2D eigenvalue weighted by Crippen LogP contribution is 2.36. The summed E-state index contributed by atoms with van der Waals surface area (Å²) < 4.78 is 0. The Bertz CT molecular complexity index is 180. The Labute approximate surface area is 67.8 Å². The molecule has 11 heavy (non-hydrogen) atoms. The Morgan fingerprint density at radius 1 is 1.64 bits per heavy atom. The number of hydrogen-bond acceptors (Lipinski definition) is 2. The molecule has 1 rings (SSSR count). The number of aliphatic hydroxyl groups is 1. The first-order chi connectivity index (χ1) is 5.08. The molecule has 62 valence electrons. The first-order valence-corrected chi connectivity index (χ1v) is 4.20. The molecule has 0 aromatic rings. The normalized spacial score (nSPS) is 44.9. The SMILES string of the molecule is C[C@@H]1[C@H](C#N)CCC[C@]1(C)O. The molecule has 0 spiro atoms. The van der Waals surface area contributed by atoms with Gasteiger partial charge in [-0.1, -0.05) is 6.92 Å². The molecule has 1 aliphatic rings. The second kappa shape index (κ2) is 2.83. The average Bonchev–Trinajstić information content (AvgIpc) is 1.95. The monoisotopic (exact) mass is 153 g/mol. The van der Waals surface area contributed by atoms with Crippen LogP contribution in [0.5, 0.6) is 0 Å². The van der Waals surface area contributed by atoms with Crippen molar-refractivity contribution in [2.75, 3.05) is 0 Å². The molecule has 2 heteroatoms. The van der Waals surface area contributed by atoms with Gasteiger partial charge in [-0.3, -0.25) is 0 Å². The minimum Gasteiger partial charge on any atom is -0.390 e. The highest BCUT2D eigenvalue weighted by Gasteiger charge is 2.37. The van der Waals surface area contributed by atoms with Gasteiger partial charge in [-0.05, 0) is 26.2 Å². The fourth-order valence-corrected chi connectivity index (χ4v) is 1.77. The van der Waals surface area contributed by atoms with Crippen LogP contribution in [0.2, 0.25) is 0 Å². The second-order valence-electron chi connectivity index (χ2n) is 3.77. The molecule has 0 aromatic heterocycles. The molecule has 0 saturated heterocycles. The predicted octanol–water partition coefficient (Wildman–Crippen LogP) is 1.70. The first kappa shape index (κ1) is 8.55. The second-order valence-corrected chi connectivity index (χ2v) is 3.77. The van der Waals surface area contributed by atoms with Crippen molar-refractivity contribution in [2.24, 2.45) is 11.8 Å². The van der Waals surface area contributed by atoms with Crippen LogP contribution in [-0.2, 0) is 0 Å². The fourth-order valence-electron chi connectivity index (χ4n) is 1.77. The Kier molecular flexibility index (Phi) is 2.20. The van der Waals surface area contributed by atoms with Gasteiger partial charge in [-0.25, -0.2) is 0 Å². The van der Waals surface area contributed by atoms with E-state index in [0.29, 0.717) is 0 Å². The van der Waals surface area contributed by atoms with Gasteiger partial charge in [0.2, 0.25) is 0 Å². The highest BCUT2D eigenvalue weighted by atomic mass is 16.3. The van der Waals surface area contributed by atoms with Crippen molar-refractivity contribution < 1.29 is 5.11 Å². The van der Waals surface area contributed by atoms with Gasteiger partial charge in [-0.15, -0.1) is 0 Å². The van der Waals surface area contributed by atoms with Crippen LogP contribution in [-0.4, -0.2) is 10.7 Å². The van der Waals surface area contributed by atoms with Crippen LogP contribution in [0.3, 0.4) is 0 Å². The van der Waals surface area contributed by atoms with E-state index < -0.39 is 5.60 Å². The van der Waals surface area contributed by atoms with Gasteiger partial charge in [0.15, 0.2) is 0 Å². The summed E-state index contributed by atoms with van der Waals surface area (Å²) in [4.78, 5) is 0. The molecule has 0 unspecified atom stereocenters. The van der Waals surface area contributed by atoms with Crippen molar-refractivity contribution in [2.45, 2.75) is 38.7 Å². The summed E-state index contributed by atoms with van der Waals surface area (Å²) in [5.41, 5.74) is -0.612. The lowest BCUT2D eigenvalue weighted by Gasteiger charge is -2.37. The van der Waals surface area contributed by atoms with Crippen molar-refractivity contribution in [1.82, 2.24) is 0 Å². The standard InChI is InChI=1S/C9H15NO/c1-7-8(6-10)4-3-5-9(7,2)11/h7-8,11H,3-5H2,1-2H3/t7-,8+,9+/m1/s1. The van der Waals surface area contributed by atoms with E-state index in [0.717, 1.165) is 19.3 Å². The van der Waals surface area contributed by atoms with Gasteiger partial charge < -0.3 is 5.11 Å². The van der Waals surface area contributed by atoms with Crippen LogP contribution in [0.15, 0.2) is 0 Å². The lowest BCUT2D eigenvalue weighted by molar-refractivity contribution is -0.0393. The maximum absolute atomic E-state index is 9.79. The third kappa shape index (κ3) is 1.54. The molecule has 0 amide bonds. The van der Waals surface area contributed by atoms with E-state index in [2.05, 4.69) is 6.07 Å². The molecule has 0 heterocycles. The maximum Gasteiger partial charge on any atom is 0.0659 e. The molecule has 1 aliphatic carbocycles. The third-order valence-corrected chi connectivity index (χ3v) is 2.95. The van der Waals surface area contributed by atoms with Crippen LogP contribution >= 0.6 is 0 Å². The fraction of sp³-hybridized carbons (Fsp3) is 0.889. The van der Waals surface area contributed by atoms with Crippen LogP contribution in [0.25, 0.3) is 0 Å². The molecular weight excluding hydrogens is 138 g/mol. The van der Waals surface area contributed by atoms with E-state index in [1.165, 1.54) is 0 Å². The van der Waals surface area contributed by atoms with Crippen LogP contribution < -0.4 is 0 Å². The van der Waals surface area contributed by atoms with Crippen molar-refractivity contribution >= 4 is 0 Å². The molecule has 0 aromatic carbocycles. The quantitative estimate of drug-likeness (QED) is 0.575. The lowest BCUT2D eigenvalue weighted by Crippen LogP contribution is -2.40. The summed E-state index contributed by atoms with van der Waals surface area (Å²) in [7, 11) is 0. The number of hydrogen-bond donors (Lipinski definition) is 1. The van der Waals surface area contributed by atoms with Gasteiger partial charge in [0.1, 0.15) is 0 Å². The summed E-state index contributed by atoms with van der Waals surface area (Å²) in [6, 6.07) is 2.25. The number of nitriles is 1. The van der Waals surface area contributed by atoms with Gasteiger partial charge >= 0.3 is 0 Å². The number of nitrogens with zero attached hydrogens (tertiary/aromatic N) is 1. The Balaban J connectivity index is 2.69. The van der Waals surface area contributed by atoms with E-state index in [1.807, 2.05) is 13.8 Å². The maximum atomic E-state index is 9.79. The van der Waals surface area contributed by atoms with Gasteiger partial charge in [-0.2, -0.15) is 5.26 Å². The summed E-state index contributed by atoms with van der Waals surface area (Å²) in [6.07, 6.45) is 2.77. The minimum absolute atomic E-state index is 0.0544. The Morgan fingerprint density at radius 3 is 2.73 bits per heavy atom. The average molecular weight is 153 g/mol. The molecule has 0 bridgehead atoms. The van der Waals surface area contributed by atoms with Gasteiger partial charge in [0, 0.05) is 5.92 Å². The van der Waals surface area contributed by atoms with Crippen molar-refractivity contribution in [1.29, 1.82) is 5.26 Å². The molecule has 0 aliphatic heterocycles. The zero-order valence-corrected chi connectivity index (χ0v) is 7.17. The van der Waals surface area contributed by atoms with Crippen molar-refractivity contribution in [3.8, 4) is 6.07 Å². The largest absolute Gasteiger partial charge is 0.390 e. The van der Waals surface area contributed by atoms with Crippen molar-refractivity contribution in [3.05, 3.63) is 0 Å². The Morgan fingerprint density at radius 2 is 2.27 bits per heavy atom.